The summed E-state index contributed by atoms with van der Waals surface area (Å²) in [6.07, 6.45) is 10.0. The number of rotatable bonds is 9. The van der Waals surface area contributed by atoms with Crippen LogP contribution in [0, 0.1) is 17.3 Å². The van der Waals surface area contributed by atoms with E-state index in [9.17, 15) is 19.8 Å². The fourth-order valence-corrected chi connectivity index (χ4v) is 9.09. The Balaban J connectivity index is 1.67. The van der Waals surface area contributed by atoms with Gasteiger partial charge in [0.2, 0.25) is 0 Å². The van der Waals surface area contributed by atoms with Crippen LogP contribution in [0.15, 0.2) is 0 Å². The van der Waals surface area contributed by atoms with E-state index in [4.69, 9.17) is 0 Å². The first-order chi connectivity index (χ1) is 15.1. The largest absolute Gasteiger partial charge is 0.481 e. The average molecular weight is 451 g/mol. The second-order valence-corrected chi connectivity index (χ2v) is 12.0. The van der Waals surface area contributed by atoms with Gasteiger partial charge in [0.05, 0.1) is 56.8 Å². The van der Waals surface area contributed by atoms with Crippen LogP contribution in [0.1, 0.15) is 84.5 Å². The Bertz CT molecular complexity index is 667. The molecule has 0 amide bonds. The molecule has 0 aromatic rings. The fraction of sp³-hybridized carbons (Fsp3) is 0.923. The summed E-state index contributed by atoms with van der Waals surface area (Å²) in [5, 5.41) is 20.2. The minimum absolute atomic E-state index is 0.0830. The minimum atomic E-state index is -0.804. The lowest BCUT2D eigenvalue weighted by Crippen LogP contribution is -2.63. The van der Waals surface area contributed by atoms with Crippen LogP contribution in [-0.2, 0) is 9.59 Å². The van der Waals surface area contributed by atoms with Crippen LogP contribution >= 0.6 is 0 Å². The third-order valence-electron chi connectivity index (χ3n) is 11.4. The highest BCUT2D eigenvalue weighted by Gasteiger charge is 2.63. The van der Waals surface area contributed by atoms with Crippen LogP contribution < -0.4 is 0 Å². The maximum Gasteiger partial charge on any atom is 0.310 e. The molecule has 4 bridgehead atoms. The molecule has 0 radical (unpaired) electrons. The van der Waals surface area contributed by atoms with Crippen LogP contribution in [0.5, 0.6) is 0 Å². The topological polar surface area (TPSA) is 74.6 Å². The Hall–Kier alpha value is -1.14. The summed E-state index contributed by atoms with van der Waals surface area (Å²) in [7, 11) is 4.77. The summed E-state index contributed by atoms with van der Waals surface area (Å²) in [4.78, 5) is 24.6. The maximum atomic E-state index is 13.3. The molecule has 0 aromatic heterocycles. The normalized spacial score (nSPS) is 44.9. The highest BCUT2D eigenvalue weighted by molar-refractivity contribution is 5.76. The van der Waals surface area contributed by atoms with Crippen molar-refractivity contribution < 1.29 is 28.8 Å². The molecule has 4 fully saturated rings. The van der Waals surface area contributed by atoms with E-state index in [1.165, 1.54) is 25.7 Å². The Kier molecular flexibility index (Phi) is 6.43. The van der Waals surface area contributed by atoms with E-state index in [1.54, 1.807) is 0 Å². The van der Waals surface area contributed by atoms with E-state index < -0.39 is 17.4 Å². The summed E-state index contributed by atoms with van der Waals surface area (Å²) in [6, 6.07) is 2.27. The van der Waals surface area contributed by atoms with Gasteiger partial charge in [-0.05, 0) is 38.5 Å². The van der Waals surface area contributed by atoms with Crippen molar-refractivity contribution in [2.45, 2.75) is 109 Å². The summed E-state index contributed by atoms with van der Waals surface area (Å²) in [6.45, 7) is 6.82. The van der Waals surface area contributed by atoms with Gasteiger partial charge in [0.25, 0.3) is 0 Å². The Labute approximate surface area is 194 Å². The molecule has 4 aliphatic rings. The molecular formula is C26H46N2O4+2. The first kappa shape index (κ1) is 24.0. The van der Waals surface area contributed by atoms with Gasteiger partial charge in [-0.1, -0.05) is 0 Å². The Morgan fingerprint density at radius 2 is 1.16 bits per heavy atom. The SMILES string of the molecule is CC[N+]1(C)C2CCC1CC(C(CCCC(=O)O)(C(=O)O)C1CC3CCC(C1)[N+]3(C)CC)C2. The Morgan fingerprint density at radius 3 is 1.44 bits per heavy atom. The molecule has 0 saturated carbocycles. The summed E-state index contributed by atoms with van der Waals surface area (Å²) in [5.74, 6) is -1.06. The zero-order valence-electron chi connectivity index (χ0n) is 20.8. The first-order valence-corrected chi connectivity index (χ1v) is 13.3. The van der Waals surface area contributed by atoms with Gasteiger partial charge in [-0.15, -0.1) is 0 Å². The maximum absolute atomic E-state index is 13.3. The van der Waals surface area contributed by atoms with E-state index in [-0.39, 0.29) is 18.3 Å². The fourth-order valence-electron chi connectivity index (χ4n) is 9.09. The summed E-state index contributed by atoms with van der Waals surface area (Å²) < 4.78 is 2.23. The predicted molar refractivity (Wildman–Crippen MR) is 124 cm³/mol. The number of hydrogen-bond acceptors (Lipinski definition) is 2. The lowest BCUT2D eigenvalue weighted by atomic mass is 9.56. The van der Waals surface area contributed by atoms with Crippen molar-refractivity contribution in [1.82, 2.24) is 0 Å². The zero-order chi connectivity index (χ0) is 23.3. The number of aliphatic carboxylic acids is 2. The molecule has 6 nitrogen and oxygen atoms in total. The molecule has 2 N–H and O–H groups in total. The Morgan fingerprint density at radius 1 is 0.781 bits per heavy atom. The quantitative estimate of drug-likeness (QED) is 0.518. The molecule has 4 saturated heterocycles. The first-order valence-electron chi connectivity index (χ1n) is 13.3. The van der Waals surface area contributed by atoms with Crippen molar-refractivity contribution in [3.63, 3.8) is 0 Å². The molecular weight excluding hydrogens is 404 g/mol. The van der Waals surface area contributed by atoms with Gasteiger partial charge in [0, 0.05) is 57.8 Å². The number of carboxylic acids is 2. The summed E-state index contributed by atoms with van der Waals surface area (Å²) >= 11 is 0. The highest BCUT2D eigenvalue weighted by Crippen LogP contribution is 2.58. The lowest BCUT2D eigenvalue weighted by molar-refractivity contribution is -0.949. The molecule has 6 heteroatoms. The summed E-state index contributed by atoms with van der Waals surface area (Å²) in [5.41, 5.74) is -0.755. The van der Waals surface area contributed by atoms with Crippen molar-refractivity contribution in [3.8, 4) is 0 Å². The van der Waals surface area contributed by atoms with E-state index in [1.807, 2.05) is 0 Å². The standard InChI is InChI=1S/C26H44N2O4/c1-5-27(3)20-9-10-21(27)15-18(14-20)26(25(31)32,13-7-8-24(29)30)19-16-22-11-12-23(17-19)28(22,4)6-2/h18-23H,5-17H2,1-4H3/p+2. The van der Waals surface area contributed by atoms with Crippen molar-refractivity contribution in [3.05, 3.63) is 0 Å². The van der Waals surface area contributed by atoms with Gasteiger partial charge < -0.3 is 19.2 Å². The predicted octanol–water partition coefficient (Wildman–Crippen LogP) is 4.13. The number of carboxylic acid groups (broad SMARTS) is 2. The smallest absolute Gasteiger partial charge is 0.310 e. The second-order valence-electron chi connectivity index (χ2n) is 12.0. The third-order valence-corrected chi connectivity index (χ3v) is 11.4. The highest BCUT2D eigenvalue weighted by atomic mass is 16.4. The number of piperidine rings is 2. The van der Waals surface area contributed by atoms with Gasteiger partial charge in [-0.25, -0.2) is 0 Å². The molecule has 4 heterocycles. The monoisotopic (exact) mass is 450 g/mol. The number of quaternary nitrogens is 2. The van der Waals surface area contributed by atoms with E-state index >= 15 is 0 Å². The molecule has 0 aliphatic carbocycles. The molecule has 4 rings (SSSR count). The minimum Gasteiger partial charge on any atom is -0.481 e. The number of fused-ring (bicyclic) bond motifs is 4. The van der Waals surface area contributed by atoms with Crippen molar-refractivity contribution in [1.29, 1.82) is 0 Å². The van der Waals surface area contributed by atoms with Gasteiger partial charge >= 0.3 is 11.9 Å². The van der Waals surface area contributed by atoms with Crippen LogP contribution in [0.3, 0.4) is 0 Å². The van der Waals surface area contributed by atoms with Crippen molar-refractivity contribution in [2.75, 3.05) is 27.2 Å². The van der Waals surface area contributed by atoms with E-state index in [0.717, 1.165) is 47.7 Å². The van der Waals surface area contributed by atoms with Crippen LogP contribution in [0.25, 0.3) is 0 Å². The molecule has 4 unspecified atom stereocenters. The third kappa shape index (κ3) is 3.51. The van der Waals surface area contributed by atoms with Gasteiger partial charge in [0.1, 0.15) is 0 Å². The zero-order valence-corrected chi connectivity index (χ0v) is 20.8. The molecule has 0 aromatic carbocycles. The van der Waals surface area contributed by atoms with Gasteiger partial charge in [-0.3, -0.25) is 9.59 Å². The van der Waals surface area contributed by atoms with Crippen LogP contribution in [0.4, 0.5) is 0 Å². The number of carbonyl (C=O) groups is 2. The van der Waals surface area contributed by atoms with Crippen molar-refractivity contribution in [2.24, 2.45) is 17.3 Å². The number of hydrogen-bond donors (Lipinski definition) is 2. The van der Waals surface area contributed by atoms with Gasteiger partial charge in [0.15, 0.2) is 0 Å². The average Bonchev–Trinajstić information content (AvgIpc) is 3.03. The van der Waals surface area contributed by atoms with Gasteiger partial charge in [-0.2, -0.15) is 0 Å². The molecule has 182 valence electrons. The van der Waals surface area contributed by atoms with Crippen LogP contribution in [-0.4, -0.2) is 82.5 Å². The number of nitrogens with zero attached hydrogens (tertiary/aromatic N) is 2. The molecule has 4 aliphatic heterocycles. The van der Waals surface area contributed by atoms with E-state index in [0.29, 0.717) is 37.0 Å². The molecule has 4 atom stereocenters. The van der Waals surface area contributed by atoms with E-state index in [2.05, 4.69) is 27.9 Å². The van der Waals surface area contributed by atoms with Crippen molar-refractivity contribution >= 4 is 11.9 Å². The second kappa shape index (κ2) is 8.57. The molecule has 32 heavy (non-hydrogen) atoms. The van der Waals surface area contributed by atoms with Crippen LogP contribution in [0.2, 0.25) is 0 Å². The molecule has 0 spiro atoms. The lowest BCUT2D eigenvalue weighted by Gasteiger charge is -2.55.